The van der Waals surface area contributed by atoms with E-state index in [2.05, 4.69) is 26.1 Å². The highest BCUT2D eigenvalue weighted by atomic mass is 79.9. The van der Waals surface area contributed by atoms with Crippen LogP contribution in [0, 0.1) is 6.92 Å². The number of aromatic nitrogens is 2. The number of benzene rings is 2. The third-order valence-electron chi connectivity index (χ3n) is 2.83. The van der Waals surface area contributed by atoms with Crippen molar-refractivity contribution in [2.24, 2.45) is 0 Å². The summed E-state index contributed by atoms with van der Waals surface area (Å²) in [7, 11) is 0. The van der Waals surface area contributed by atoms with Crippen LogP contribution in [-0.4, -0.2) is 10.1 Å². The first-order valence-corrected chi connectivity index (χ1v) is 6.68. The summed E-state index contributed by atoms with van der Waals surface area (Å²) in [5.74, 6) is 1.14. The highest BCUT2D eigenvalue weighted by molar-refractivity contribution is 9.10. The van der Waals surface area contributed by atoms with Crippen LogP contribution in [0.15, 0.2) is 57.5 Å². The Labute approximate surface area is 119 Å². The van der Waals surface area contributed by atoms with E-state index in [9.17, 15) is 0 Å². The minimum Gasteiger partial charge on any atom is -0.334 e. The fourth-order valence-corrected chi connectivity index (χ4v) is 2.02. The van der Waals surface area contributed by atoms with Crippen molar-refractivity contribution in [3.63, 3.8) is 0 Å². The lowest BCUT2D eigenvalue weighted by Gasteiger charge is -1.95. The molecule has 0 fully saturated rings. The van der Waals surface area contributed by atoms with Gasteiger partial charge in [0.25, 0.3) is 5.89 Å². The summed E-state index contributed by atoms with van der Waals surface area (Å²) in [5.41, 5.74) is 3.07. The van der Waals surface area contributed by atoms with Gasteiger partial charge in [0.15, 0.2) is 0 Å². The summed E-state index contributed by atoms with van der Waals surface area (Å²) in [6, 6.07) is 15.8. The monoisotopic (exact) mass is 314 g/mol. The van der Waals surface area contributed by atoms with E-state index in [-0.39, 0.29) is 0 Å². The molecule has 0 aliphatic carbocycles. The molecule has 0 saturated carbocycles. The maximum Gasteiger partial charge on any atom is 0.258 e. The molecule has 0 radical (unpaired) electrons. The molecule has 0 saturated heterocycles. The molecule has 1 heterocycles. The van der Waals surface area contributed by atoms with Gasteiger partial charge in [-0.2, -0.15) is 4.98 Å². The molecule has 0 atom stereocenters. The first-order chi connectivity index (χ1) is 9.22. The average molecular weight is 315 g/mol. The summed E-state index contributed by atoms with van der Waals surface area (Å²) in [4.78, 5) is 4.42. The summed E-state index contributed by atoms with van der Waals surface area (Å²) in [6.07, 6.45) is 0. The van der Waals surface area contributed by atoms with Crippen molar-refractivity contribution in [2.45, 2.75) is 6.92 Å². The van der Waals surface area contributed by atoms with Gasteiger partial charge in [0.2, 0.25) is 5.82 Å². The molecule has 0 spiro atoms. The predicted molar refractivity (Wildman–Crippen MR) is 77.6 cm³/mol. The van der Waals surface area contributed by atoms with Crippen molar-refractivity contribution in [3.05, 3.63) is 58.6 Å². The third kappa shape index (κ3) is 2.58. The topological polar surface area (TPSA) is 38.9 Å². The van der Waals surface area contributed by atoms with Crippen molar-refractivity contribution in [1.82, 2.24) is 10.1 Å². The minimum absolute atomic E-state index is 0.540. The van der Waals surface area contributed by atoms with Gasteiger partial charge in [0, 0.05) is 15.6 Å². The van der Waals surface area contributed by atoms with E-state index >= 15 is 0 Å². The normalized spacial score (nSPS) is 10.6. The first kappa shape index (κ1) is 12.1. The van der Waals surface area contributed by atoms with Gasteiger partial charge in [-0.15, -0.1) is 0 Å². The van der Waals surface area contributed by atoms with Crippen LogP contribution in [0.25, 0.3) is 22.8 Å². The number of aryl methyl sites for hydroxylation is 1. The van der Waals surface area contributed by atoms with Gasteiger partial charge in [-0.3, -0.25) is 0 Å². The molecule has 1 aromatic heterocycles. The van der Waals surface area contributed by atoms with Gasteiger partial charge in [0.1, 0.15) is 0 Å². The lowest BCUT2D eigenvalue weighted by Crippen LogP contribution is -1.81. The molecule has 2 aromatic carbocycles. The second kappa shape index (κ2) is 4.97. The van der Waals surface area contributed by atoms with Crippen LogP contribution in [0.5, 0.6) is 0 Å². The fraction of sp³-hybridized carbons (Fsp3) is 0.0667. The van der Waals surface area contributed by atoms with Crippen molar-refractivity contribution in [3.8, 4) is 22.8 Å². The van der Waals surface area contributed by atoms with Crippen LogP contribution >= 0.6 is 15.9 Å². The average Bonchev–Trinajstić information content (AvgIpc) is 2.90. The second-order valence-corrected chi connectivity index (χ2v) is 5.21. The van der Waals surface area contributed by atoms with Crippen molar-refractivity contribution >= 4 is 15.9 Å². The molecule has 0 amide bonds. The zero-order valence-corrected chi connectivity index (χ0v) is 11.9. The molecule has 3 aromatic rings. The molecule has 19 heavy (non-hydrogen) atoms. The molecule has 94 valence electrons. The van der Waals surface area contributed by atoms with Crippen molar-refractivity contribution in [1.29, 1.82) is 0 Å². The van der Waals surface area contributed by atoms with Crippen molar-refractivity contribution in [2.75, 3.05) is 0 Å². The molecule has 0 unspecified atom stereocenters. The van der Waals surface area contributed by atoms with E-state index in [1.807, 2.05) is 55.5 Å². The fourth-order valence-electron chi connectivity index (χ4n) is 1.75. The van der Waals surface area contributed by atoms with Crippen LogP contribution in [0.4, 0.5) is 0 Å². The maximum absolute atomic E-state index is 5.30. The molecule has 0 aliphatic heterocycles. The first-order valence-electron chi connectivity index (χ1n) is 5.89. The Morgan fingerprint density at radius 2 is 1.53 bits per heavy atom. The predicted octanol–water partition coefficient (Wildman–Crippen LogP) is 4.47. The van der Waals surface area contributed by atoms with E-state index < -0.39 is 0 Å². The zero-order valence-electron chi connectivity index (χ0n) is 10.3. The van der Waals surface area contributed by atoms with Gasteiger partial charge < -0.3 is 4.52 Å². The Bertz CT molecular complexity index is 627. The Morgan fingerprint density at radius 1 is 0.895 bits per heavy atom. The van der Waals surface area contributed by atoms with Crippen LogP contribution in [0.2, 0.25) is 0 Å². The van der Waals surface area contributed by atoms with Crippen LogP contribution in [-0.2, 0) is 0 Å². The Hall–Kier alpha value is -1.94. The van der Waals surface area contributed by atoms with Gasteiger partial charge >= 0.3 is 0 Å². The third-order valence-corrected chi connectivity index (χ3v) is 3.36. The number of hydrogen-bond acceptors (Lipinski definition) is 3. The van der Waals surface area contributed by atoms with E-state index in [1.54, 1.807) is 0 Å². The van der Waals surface area contributed by atoms with E-state index in [0.717, 1.165) is 15.6 Å². The van der Waals surface area contributed by atoms with Crippen molar-refractivity contribution < 1.29 is 4.52 Å². The number of nitrogens with zero attached hydrogens (tertiary/aromatic N) is 2. The SMILES string of the molecule is Cc1ccc(-c2nc(-c3ccc(Br)cc3)no2)cc1. The minimum atomic E-state index is 0.540. The van der Waals surface area contributed by atoms with E-state index in [4.69, 9.17) is 4.52 Å². The molecular weight excluding hydrogens is 304 g/mol. The summed E-state index contributed by atoms with van der Waals surface area (Å²) >= 11 is 3.40. The van der Waals surface area contributed by atoms with Crippen LogP contribution in [0.3, 0.4) is 0 Å². The number of rotatable bonds is 2. The summed E-state index contributed by atoms with van der Waals surface area (Å²) in [6.45, 7) is 2.05. The van der Waals surface area contributed by atoms with Gasteiger partial charge in [-0.05, 0) is 43.3 Å². The zero-order chi connectivity index (χ0) is 13.2. The quantitative estimate of drug-likeness (QED) is 0.700. The maximum atomic E-state index is 5.30. The standard InChI is InChI=1S/C15H11BrN2O/c1-10-2-4-12(5-3-10)15-17-14(18-19-15)11-6-8-13(16)9-7-11/h2-9H,1H3. The lowest BCUT2D eigenvalue weighted by atomic mass is 10.1. The lowest BCUT2D eigenvalue weighted by molar-refractivity contribution is 0.432. The summed E-state index contributed by atoms with van der Waals surface area (Å²) in [5, 5.41) is 4.01. The molecule has 0 N–H and O–H groups in total. The van der Waals surface area contributed by atoms with E-state index in [1.165, 1.54) is 5.56 Å². The van der Waals surface area contributed by atoms with Gasteiger partial charge in [-0.1, -0.05) is 38.8 Å². The summed E-state index contributed by atoms with van der Waals surface area (Å²) < 4.78 is 6.33. The highest BCUT2D eigenvalue weighted by Gasteiger charge is 2.10. The highest BCUT2D eigenvalue weighted by Crippen LogP contribution is 2.23. The number of halogens is 1. The van der Waals surface area contributed by atoms with Crippen LogP contribution in [0.1, 0.15) is 5.56 Å². The number of hydrogen-bond donors (Lipinski definition) is 0. The largest absolute Gasteiger partial charge is 0.334 e. The Balaban J connectivity index is 1.95. The molecule has 4 heteroatoms. The molecular formula is C15H11BrN2O. The van der Waals surface area contributed by atoms with Gasteiger partial charge in [-0.25, -0.2) is 0 Å². The molecule has 3 nitrogen and oxygen atoms in total. The molecule has 0 bridgehead atoms. The van der Waals surface area contributed by atoms with Gasteiger partial charge in [0.05, 0.1) is 0 Å². The second-order valence-electron chi connectivity index (χ2n) is 4.30. The molecule has 3 rings (SSSR count). The molecule has 0 aliphatic rings. The smallest absolute Gasteiger partial charge is 0.258 e. The van der Waals surface area contributed by atoms with E-state index in [0.29, 0.717) is 11.7 Å². The van der Waals surface area contributed by atoms with Crippen LogP contribution < -0.4 is 0 Å². The Morgan fingerprint density at radius 3 is 2.21 bits per heavy atom. The Kier molecular flexibility index (Phi) is 3.17.